The number of rotatable bonds is 4. The summed E-state index contributed by atoms with van der Waals surface area (Å²) in [7, 11) is -3.77. The number of benzene rings is 1. The van der Waals surface area contributed by atoms with Crippen LogP contribution in [-0.4, -0.2) is 31.9 Å². The maximum Gasteiger partial charge on any atom is 0.339 e. The summed E-state index contributed by atoms with van der Waals surface area (Å²) in [5.74, 6) is 0.160. The number of hydrogen-bond acceptors (Lipinski definition) is 5. The van der Waals surface area contributed by atoms with Gasteiger partial charge in [-0.15, -0.1) is 0 Å². The molecule has 1 atom stereocenters. The molecular formula is C16H16FNO5S. The largest absolute Gasteiger partial charge is 0.489 e. The predicted octanol–water partition coefficient (Wildman–Crippen LogP) is 1.93. The summed E-state index contributed by atoms with van der Waals surface area (Å²) in [4.78, 5) is 11.3. The van der Waals surface area contributed by atoms with Crippen molar-refractivity contribution in [1.82, 2.24) is 4.31 Å². The Labute approximate surface area is 138 Å². The molecule has 0 radical (unpaired) electrons. The molecule has 1 saturated heterocycles. The topological polar surface area (TPSA) is 76.8 Å². The van der Waals surface area contributed by atoms with Crippen molar-refractivity contribution < 1.29 is 22.0 Å². The predicted molar refractivity (Wildman–Crippen MR) is 83.9 cm³/mol. The van der Waals surface area contributed by atoms with Gasteiger partial charge in [0.2, 0.25) is 10.0 Å². The highest BCUT2D eigenvalue weighted by molar-refractivity contribution is 7.89. The van der Waals surface area contributed by atoms with Crippen LogP contribution < -0.4 is 10.4 Å². The lowest BCUT2D eigenvalue weighted by Gasteiger charge is -2.17. The highest BCUT2D eigenvalue weighted by Gasteiger charge is 2.33. The quantitative estimate of drug-likeness (QED) is 0.839. The molecule has 0 amide bonds. The third-order valence-corrected chi connectivity index (χ3v) is 5.57. The van der Waals surface area contributed by atoms with Gasteiger partial charge >= 0.3 is 5.63 Å². The normalized spacial score (nSPS) is 18.7. The maximum absolute atomic E-state index is 13.3. The average Bonchev–Trinajstić information content (AvgIpc) is 2.95. The molecule has 0 bridgehead atoms. The Morgan fingerprint density at radius 1 is 1.29 bits per heavy atom. The lowest BCUT2D eigenvalue weighted by molar-refractivity contribution is 0.213. The standard InChI is InChI=1S/C16H16FNO5S/c1-11-7-14(9-16(19)22-11)23-13-5-6-18(10-13)24(20,21)15-4-2-3-12(17)8-15/h2-4,7-9,13H,5-6,10H2,1H3. The van der Waals surface area contributed by atoms with Gasteiger partial charge in [0, 0.05) is 12.6 Å². The Morgan fingerprint density at radius 3 is 2.79 bits per heavy atom. The zero-order valence-electron chi connectivity index (χ0n) is 12.9. The minimum atomic E-state index is -3.77. The molecule has 0 N–H and O–H groups in total. The van der Waals surface area contributed by atoms with Crippen LogP contribution in [0.3, 0.4) is 0 Å². The number of halogens is 1. The molecule has 2 heterocycles. The fourth-order valence-corrected chi connectivity index (χ4v) is 4.14. The van der Waals surface area contributed by atoms with Crippen molar-refractivity contribution in [2.75, 3.05) is 13.1 Å². The molecule has 1 aromatic carbocycles. The number of ether oxygens (including phenoxy) is 1. The third-order valence-electron chi connectivity index (χ3n) is 3.71. The Kier molecular flexibility index (Phi) is 4.42. The van der Waals surface area contributed by atoms with Gasteiger partial charge in [0.15, 0.2) is 0 Å². The Balaban J connectivity index is 1.74. The van der Waals surface area contributed by atoms with Crippen LogP contribution >= 0.6 is 0 Å². The van der Waals surface area contributed by atoms with E-state index in [1.807, 2.05) is 0 Å². The molecule has 8 heteroatoms. The Morgan fingerprint density at radius 2 is 2.08 bits per heavy atom. The van der Waals surface area contributed by atoms with Gasteiger partial charge in [-0.05, 0) is 31.5 Å². The highest BCUT2D eigenvalue weighted by atomic mass is 32.2. The first kappa shape index (κ1) is 16.7. The van der Waals surface area contributed by atoms with Gasteiger partial charge in [-0.1, -0.05) is 6.07 Å². The van der Waals surface area contributed by atoms with E-state index in [1.165, 1.54) is 28.6 Å². The van der Waals surface area contributed by atoms with E-state index in [-0.39, 0.29) is 24.1 Å². The molecule has 0 saturated carbocycles. The average molecular weight is 353 g/mol. The van der Waals surface area contributed by atoms with Crippen LogP contribution in [0, 0.1) is 12.7 Å². The molecule has 2 aromatic rings. The van der Waals surface area contributed by atoms with Gasteiger partial charge in [-0.2, -0.15) is 4.31 Å². The van der Waals surface area contributed by atoms with Crippen molar-refractivity contribution in [2.24, 2.45) is 0 Å². The maximum atomic E-state index is 13.3. The molecule has 24 heavy (non-hydrogen) atoms. The third kappa shape index (κ3) is 3.49. The van der Waals surface area contributed by atoms with Crippen LogP contribution in [0.15, 0.2) is 50.5 Å². The van der Waals surface area contributed by atoms with E-state index < -0.39 is 21.5 Å². The second-order valence-corrected chi connectivity index (χ2v) is 7.51. The van der Waals surface area contributed by atoms with Crippen molar-refractivity contribution in [3.8, 4) is 5.75 Å². The molecule has 1 fully saturated rings. The monoisotopic (exact) mass is 353 g/mol. The molecule has 1 unspecified atom stereocenters. The number of sulfonamides is 1. The zero-order valence-corrected chi connectivity index (χ0v) is 13.8. The lowest BCUT2D eigenvalue weighted by Crippen LogP contribution is -2.31. The molecule has 1 aliphatic rings. The van der Waals surface area contributed by atoms with Crippen LogP contribution in [0.25, 0.3) is 0 Å². The first-order valence-electron chi connectivity index (χ1n) is 7.39. The van der Waals surface area contributed by atoms with Crippen LogP contribution in [0.5, 0.6) is 5.75 Å². The Bertz CT molecular complexity index is 909. The van der Waals surface area contributed by atoms with Gasteiger partial charge < -0.3 is 9.15 Å². The molecule has 0 spiro atoms. The molecule has 1 aliphatic heterocycles. The molecule has 1 aromatic heterocycles. The van der Waals surface area contributed by atoms with Crippen LogP contribution in [0.2, 0.25) is 0 Å². The summed E-state index contributed by atoms with van der Waals surface area (Å²) in [5, 5.41) is 0. The molecule has 6 nitrogen and oxygen atoms in total. The first-order valence-corrected chi connectivity index (χ1v) is 8.83. The summed E-state index contributed by atoms with van der Waals surface area (Å²) in [6.07, 6.45) is 0.0999. The summed E-state index contributed by atoms with van der Waals surface area (Å²) >= 11 is 0. The van der Waals surface area contributed by atoms with Crippen molar-refractivity contribution in [1.29, 1.82) is 0 Å². The van der Waals surface area contributed by atoms with Crippen LogP contribution in [0.4, 0.5) is 4.39 Å². The molecule has 0 aliphatic carbocycles. The van der Waals surface area contributed by atoms with Gasteiger partial charge in [-0.3, -0.25) is 0 Å². The Hall–Kier alpha value is -2.19. The minimum absolute atomic E-state index is 0.0839. The van der Waals surface area contributed by atoms with Crippen molar-refractivity contribution in [3.63, 3.8) is 0 Å². The summed E-state index contributed by atoms with van der Waals surface area (Å²) in [5.41, 5.74) is -0.521. The fraction of sp³-hybridized carbons (Fsp3) is 0.312. The first-order chi connectivity index (χ1) is 11.3. The summed E-state index contributed by atoms with van der Waals surface area (Å²) in [6.45, 7) is 2.03. The summed E-state index contributed by atoms with van der Waals surface area (Å²) < 4.78 is 50.1. The second-order valence-electron chi connectivity index (χ2n) is 5.57. The molecule has 3 rings (SSSR count). The van der Waals surface area contributed by atoms with Crippen LogP contribution in [-0.2, 0) is 10.0 Å². The number of hydrogen-bond donors (Lipinski definition) is 0. The fourth-order valence-electron chi connectivity index (χ4n) is 2.62. The van der Waals surface area contributed by atoms with E-state index in [9.17, 15) is 17.6 Å². The molecular weight excluding hydrogens is 337 g/mol. The van der Waals surface area contributed by atoms with Gasteiger partial charge in [0.1, 0.15) is 23.4 Å². The van der Waals surface area contributed by atoms with Crippen molar-refractivity contribution in [2.45, 2.75) is 24.3 Å². The number of aryl methyl sites for hydroxylation is 1. The smallest absolute Gasteiger partial charge is 0.339 e. The molecule has 128 valence electrons. The second kappa shape index (κ2) is 6.37. The van der Waals surface area contributed by atoms with Gasteiger partial charge in [-0.25, -0.2) is 17.6 Å². The van der Waals surface area contributed by atoms with Crippen LogP contribution in [0.1, 0.15) is 12.2 Å². The SMILES string of the molecule is Cc1cc(OC2CCN(S(=O)(=O)c3cccc(F)c3)C2)cc(=O)o1. The van der Waals surface area contributed by atoms with E-state index in [4.69, 9.17) is 9.15 Å². The van der Waals surface area contributed by atoms with Crippen molar-refractivity contribution >= 4 is 10.0 Å². The van der Waals surface area contributed by atoms with E-state index in [0.717, 1.165) is 6.07 Å². The summed E-state index contributed by atoms with van der Waals surface area (Å²) in [6, 6.07) is 7.70. The van der Waals surface area contributed by atoms with E-state index in [0.29, 0.717) is 17.9 Å². The van der Waals surface area contributed by atoms with Crippen molar-refractivity contribution in [3.05, 3.63) is 58.4 Å². The highest BCUT2D eigenvalue weighted by Crippen LogP contribution is 2.24. The minimum Gasteiger partial charge on any atom is -0.489 e. The number of nitrogens with zero attached hydrogens (tertiary/aromatic N) is 1. The van der Waals surface area contributed by atoms with Gasteiger partial charge in [0.05, 0.1) is 17.5 Å². The zero-order chi connectivity index (χ0) is 17.3. The van der Waals surface area contributed by atoms with E-state index in [1.54, 1.807) is 13.0 Å². The van der Waals surface area contributed by atoms with E-state index in [2.05, 4.69) is 0 Å². The van der Waals surface area contributed by atoms with E-state index >= 15 is 0 Å². The lowest BCUT2D eigenvalue weighted by atomic mass is 10.3. The van der Waals surface area contributed by atoms with Gasteiger partial charge in [0.25, 0.3) is 0 Å².